The van der Waals surface area contributed by atoms with E-state index in [-0.39, 0.29) is 61.1 Å². The van der Waals surface area contributed by atoms with Crippen molar-refractivity contribution in [3.8, 4) is 18.1 Å². The standard InChI is InChI=1S/C32H48FNO5S.C6H12O.C3H8.H2O/c1-12-29(30-19-28(16-14-23(30)2)39-40(10,11)32(6,7)8)27(20-34-9)15-13-24(3)31(33)22-37-18-17-36-21-25(4)38-26(5)35;1-6-4-2-3-5-7-6;1-3-2;/h1,14-16,19-20,25,29,31H,3,13,17-18,21-22H2,2,4-11H3;6H,2-5H2,1H3;3H2,1-2H3;1H2/b27-15+,34-20?;;;/t25-,29?,31?;;;/m0.../s1. The monoisotopic (exact) mass is 739 g/mol. The van der Waals surface area contributed by atoms with Crippen LogP contribution < -0.4 is 4.18 Å². The smallest absolute Gasteiger partial charge is 0.302 e. The van der Waals surface area contributed by atoms with Crippen molar-refractivity contribution < 1.29 is 37.8 Å². The van der Waals surface area contributed by atoms with E-state index in [9.17, 15) is 9.18 Å². The van der Waals surface area contributed by atoms with Crippen molar-refractivity contribution in [2.24, 2.45) is 4.99 Å². The molecule has 1 aliphatic heterocycles. The largest absolute Gasteiger partial charge is 0.460 e. The second kappa shape index (κ2) is 27.0. The number of hydrogen-bond donors (Lipinski definition) is 0. The molecular formula is C41H70FNO7S. The molecule has 1 saturated heterocycles. The number of carbonyl (C=O) groups excluding carboxylic acids is 1. The molecular weight excluding hydrogens is 670 g/mol. The zero-order valence-electron chi connectivity index (χ0n) is 33.7. The maximum absolute atomic E-state index is 14.8. The van der Waals surface area contributed by atoms with Crippen LogP contribution in [0.2, 0.25) is 0 Å². The van der Waals surface area contributed by atoms with Crippen LogP contribution >= 0.6 is 10.3 Å². The number of aliphatic imine (C=N–C) groups is 1. The van der Waals surface area contributed by atoms with Crippen LogP contribution in [0.4, 0.5) is 4.39 Å². The number of rotatable bonds is 16. The molecule has 4 atom stereocenters. The van der Waals surface area contributed by atoms with Gasteiger partial charge in [-0.15, -0.1) is 6.42 Å². The third-order valence-electron chi connectivity index (χ3n) is 7.93. The first kappa shape index (κ1) is 50.4. The first-order valence-electron chi connectivity index (χ1n) is 17.8. The predicted octanol–water partition coefficient (Wildman–Crippen LogP) is 8.93. The summed E-state index contributed by atoms with van der Waals surface area (Å²) in [6.45, 7) is 23.5. The van der Waals surface area contributed by atoms with Crippen LogP contribution in [0.5, 0.6) is 5.75 Å². The Morgan fingerprint density at radius 2 is 1.80 bits per heavy atom. The van der Waals surface area contributed by atoms with E-state index in [0.717, 1.165) is 29.1 Å². The van der Waals surface area contributed by atoms with Gasteiger partial charge in [0.25, 0.3) is 0 Å². The number of terminal acetylenes is 1. The molecule has 0 radical (unpaired) electrons. The number of carbonyl (C=O) groups is 1. The van der Waals surface area contributed by atoms with Gasteiger partial charge in [0.2, 0.25) is 0 Å². The van der Waals surface area contributed by atoms with Crippen molar-refractivity contribution in [3.63, 3.8) is 0 Å². The molecule has 2 rings (SSSR count). The van der Waals surface area contributed by atoms with E-state index in [4.69, 9.17) is 29.6 Å². The van der Waals surface area contributed by atoms with Crippen LogP contribution in [0.1, 0.15) is 105 Å². The Hall–Kier alpha value is -2.68. The van der Waals surface area contributed by atoms with E-state index in [1.54, 1.807) is 20.2 Å². The average Bonchev–Trinajstić information content (AvgIpc) is 3.03. The lowest BCUT2D eigenvalue weighted by Gasteiger charge is -2.43. The van der Waals surface area contributed by atoms with Crippen LogP contribution in [0.15, 0.2) is 47.0 Å². The Bertz CT molecular complexity index is 1230. The van der Waals surface area contributed by atoms with Gasteiger partial charge in [0.1, 0.15) is 18.0 Å². The van der Waals surface area contributed by atoms with Crippen molar-refractivity contribution in [1.29, 1.82) is 0 Å². The first-order chi connectivity index (χ1) is 23.4. The molecule has 10 heteroatoms. The van der Waals surface area contributed by atoms with Crippen molar-refractivity contribution in [1.82, 2.24) is 0 Å². The summed E-state index contributed by atoms with van der Waals surface area (Å²) in [5, 5.41) is 0. The van der Waals surface area contributed by atoms with Crippen molar-refractivity contribution in [3.05, 3.63) is 53.1 Å². The molecule has 3 unspecified atom stereocenters. The van der Waals surface area contributed by atoms with Gasteiger partial charge < -0.3 is 28.6 Å². The number of ether oxygens (including phenoxy) is 4. The third-order valence-corrected chi connectivity index (χ3v) is 11.5. The highest BCUT2D eigenvalue weighted by Gasteiger charge is 2.30. The molecule has 0 aliphatic carbocycles. The highest BCUT2D eigenvalue weighted by Crippen LogP contribution is 2.53. The second-order valence-corrected chi connectivity index (χ2v) is 17.8. The topological polar surface area (TPSA) is 107 Å². The molecule has 2 N–H and O–H groups in total. The third kappa shape index (κ3) is 21.4. The van der Waals surface area contributed by atoms with Gasteiger partial charge in [-0.3, -0.25) is 9.79 Å². The molecule has 1 fully saturated rings. The molecule has 1 aromatic carbocycles. The summed E-state index contributed by atoms with van der Waals surface area (Å²) < 4.78 is 42.3. The number of hydrogen-bond acceptors (Lipinski definition) is 7. The number of aryl methyl sites for hydroxylation is 1. The molecule has 0 aromatic heterocycles. The summed E-state index contributed by atoms with van der Waals surface area (Å²) in [7, 11) is 0.300. The lowest BCUT2D eigenvalue weighted by Crippen LogP contribution is -2.27. The molecule has 0 saturated carbocycles. The molecule has 0 amide bonds. The summed E-state index contributed by atoms with van der Waals surface area (Å²) >= 11 is 0. The number of benzene rings is 1. The molecule has 8 nitrogen and oxygen atoms in total. The summed E-state index contributed by atoms with van der Waals surface area (Å²) in [6.07, 6.45) is 18.2. The van der Waals surface area contributed by atoms with Crippen LogP contribution in [0, 0.1) is 19.3 Å². The Kier molecular flexibility index (Phi) is 26.7. The fourth-order valence-corrected chi connectivity index (χ4v) is 5.21. The van der Waals surface area contributed by atoms with Gasteiger partial charge in [-0.2, -0.15) is 0 Å². The molecule has 294 valence electrons. The van der Waals surface area contributed by atoms with Gasteiger partial charge in [-0.25, -0.2) is 4.39 Å². The highest BCUT2D eigenvalue weighted by molar-refractivity contribution is 8.30. The Balaban J connectivity index is 0. The Morgan fingerprint density at radius 3 is 2.27 bits per heavy atom. The fourth-order valence-electron chi connectivity index (χ4n) is 4.37. The average molecular weight is 740 g/mol. The van der Waals surface area contributed by atoms with E-state index in [1.807, 2.05) is 31.2 Å². The van der Waals surface area contributed by atoms with Crippen LogP contribution in [0.3, 0.4) is 0 Å². The maximum atomic E-state index is 14.8. The minimum atomic E-state index is -1.38. The molecule has 51 heavy (non-hydrogen) atoms. The lowest BCUT2D eigenvalue weighted by atomic mass is 9.88. The minimum absolute atomic E-state index is 0. The van der Waals surface area contributed by atoms with Crippen LogP contribution in [0.25, 0.3) is 0 Å². The molecule has 0 spiro atoms. The zero-order chi connectivity index (χ0) is 38.3. The van der Waals surface area contributed by atoms with Crippen molar-refractivity contribution in [2.75, 3.05) is 52.6 Å². The SMILES string of the molecule is C#CC(/C(C=NC)=C/CC(=C)C(F)COCCOC[C@H](C)OC(C)=O)c1cc(OS(C)(C)C(C)(C)C)ccc1C.CC1CCCCO1.CCC.O. The van der Waals surface area contributed by atoms with Gasteiger partial charge in [0.15, 0.2) is 0 Å². The maximum Gasteiger partial charge on any atom is 0.302 e. The van der Waals surface area contributed by atoms with Crippen molar-refractivity contribution in [2.45, 2.75) is 123 Å². The summed E-state index contributed by atoms with van der Waals surface area (Å²) in [5.74, 6) is 2.93. The highest BCUT2D eigenvalue weighted by atomic mass is 32.3. The van der Waals surface area contributed by atoms with Crippen LogP contribution in [-0.4, -0.2) is 93.4 Å². The molecule has 1 heterocycles. The van der Waals surface area contributed by atoms with Gasteiger partial charge in [0, 0.05) is 31.5 Å². The fraction of sp³-hybridized carbons (Fsp3) is 0.659. The van der Waals surface area contributed by atoms with Gasteiger partial charge in [-0.05, 0) is 114 Å². The number of halogens is 1. The van der Waals surface area contributed by atoms with E-state index in [1.165, 1.54) is 32.6 Å². The minimum Gasteiger partial charge on any atom is -0.460 e. The van der Waals surface area contributed by atoms with Gasteiger partial charge in [0.05, 0.1) is 38.4 Å². The Morgan fingerprint density at radius 1 is 1.20 bits per heavy atom. The number of esters is 1. The number of nitrogens with zero attached hydrogens (tertiary/aromatic N) is 1. The van der Waals surface area contributed by atoms with E-state index >= 15 is 0 Å². The predicted molar refractivity (Wildman–Crippen MR) is 215 cm³/mol. The number of allylic oxidation sites excluding steroid dienone is 2. The summed E-state index contributed by atoms with van der Waals surface area (Å²) in [6, 6.07) is 6.00. The summed E-state index contributed by atoms with van der Waals surface area (Å²) in [5.41, 5.74) is 3.15. The normalized spacial score (nSPS) is 16.9. The quantitative estimate of drug-likeness (QED) is 0.0551. The Labute approximate surface area is 311 Å². The molecule has 1 aliphatic rings. The zero-order valence-corrected chi connectivity index (χ0v) is 34.6. The van der Waals surface area contributed by atoms with Gasteiger partial charge in [-0.1, -0.05) is 55.2 Å². The molecule has 1 aromatic rings. The number of alkyl halides is 1. The van der Waals surface area contributed by atoms with Gasteiger partial charge >= 0.3 is 5.97 Å². The van der Waals surface area contributed by atoms with Crippen molar-refractivity contribution >= 4 is 22.5 Å². The first-order valence-corrected chi connectivity index (χ1v) is 20.2. The molecule has 0 bridgehead atoms. The van der Waals surface area contributed by atoms with E-state index in [2.05, 4.69) is 71.5 Å². The lowest BCUT2D eigenvalue weighted by molar-refractivity contribution is -0.148. The second-order valence-electron chi connectivity index (χ2n) is 13.9. The van der Waals surface area contributed by atoms with E-state index in [0.29, 0.717) is 11.7 Å². The van der Waals surface area contributed by atoms with E-state index < -0.39 is 16.5 Å². The summed E-state index contributed by atoms with van der Waals surface area (Å²) in [4.78, 5) is 15.1. The van der Waals surface area contributed by atoms with Crippen LogP contribution in [-0.2, 0) is 23.7 Å².